The number of hydrogen-bond donors (Lipinski definition) is 2. The Hall–Kier alpha value is -2.18. The van der Waals surface area contributed by atoms with Gasteiger partial charge in [0.25, 0.3) is 0 Å². The second kappa shape index (κ2) is 7.21. The number of halogens is 1. The molecule has 0 atom stereocenters. The fraction of sp³-hybridized carbons (Fsp3) is 0.421. The first-order valence-corrected chi connectivity index (χ1v) is 8.74. The highest BCUT2D eigenvalue weighted by molar-refractivity contribution is 6.09. The van der Waals surface area contributed by atoms with Gasteiger partial charge in [0, 0.05) is 5.56 Å². The molecule has 4 rings (SSSR count). The highest BCUT2D eigenvalue weighted by atomic mass is 35.5. The number of rotatable bonds is 2. The molecule has 0 unspecified atom stereocenters. The van der Waals surface area contributed by atoms with Crippen molar-refractivity contribution >= 4 is 29.6 Å². The number of aliphatic imine (C=N–C) groups is 1. The molecule has 26 heavy (non-hydrogen) atoms. The zero-order valence-electron chi connectivity index (χ0n) is 15.0. The van der Waals surface area contributed by atoms with Crippen molar-refractivity contribution in [3.8, 4) is 5.88 Å². The first-order chi connectivity index (χ1) is 12.0. The lowest BCUT2D eigenvalue weighted by atomic mass is 9.88. The number of benzene rings is 1. The van der Waals surface area contributed by atoms with Crippen LogP contribution >= 0.6 is 12.4 Å². The fourth-order valence-electron chi connectivity index (χ4n) is 3.57. The summed E-state index contributed by atoms with van der Waals surface area (Å²) in [6.07, 6.45) is 3.78. The van der Waals surface area contributed by atoms with Gasteiger partial charge in [-0.15, -0.1) is 12.4 Å². The van der Waals surface area contributed by atoms with E-state index >= 15 is 0 Å². The fourth-order valence-corrected chi connectivity index (χ4v) is 3.57. The Morgan fingerprint density at radius 3 is 2.50 bits per heavy atom. The molecule has 3 heterocycles. The largest absolute Gasteiger partial charge is 0.463 e. The zero-order chi connectivity index (χ0) is 17.4. The van der Waals surface area contributed by atoms with Gasteiger partial charge in [0.05, 0.1) is 5.71 Å². The summed E-state index contributed by atoms with van der Waals surface area (Å²) in [5.41, 5.74) is 9.16. The van der Waals surface area contributed by atoms with Gasteiger partial charge in [-0.3, -0.25) is 0 Å². The molecule has 3 N–H and O–H groups in total. The Kier molecular flexibility index (Phi) is 5.16. The van der Waals surface area contributed by atoms with Gasteiger partial charge in [0.1, 0.15) is 11.9 Å². The van der Waals surface area contributed by atoms with Crippen LogP contribution in [0.3, 0.4) is 0 Å². The maximum absolute atomic E-state index is 6.04. The number of anilines is 1. The molecule has 1 aromatic carbocycles. The summed E-state index contributed by atoms with van der Waals surface area (Å²) in [5.74, 6) is 1.41. The predicted octanol–water partition coefficient (Wildman–Crippen LogP) is 3.24. The number of ether oxygens (including phenoxy) is 1. The summed E-state index contributed by atoms with van der Waals surface area (Å²) in [5, 5.41) is 3.41. The average Bonchev–Trinajstić information content (AvgIpc) is 2.62. The van der Waals surface area contributed by atoms with Crippen LogP contribution in [0.15, 0.2) is 35.6 Å². The van der Waals surface area contributed by atoms with Gasteiger partial charge in [-0.1, -0.05) is 24.3 Å². The van der Waals surface area contributed by atoms with Crippen molar-refractivity contribution in [1.29, 1.82) is 0 Å². The molecule has 0 radical (unpaired) electrons. The minimum absolute atomic E-state index is 0. The Morgan fingerprint density at radius 2 is 1.81 bits per heavy atom. The smallest absolute Gasteiger partial charge is 0.246 e. The van der Waals surface area contributed by atoms with Crippen LogP contribution in [0.25, 0.3) is 0 Å². The highest BCUT2D eigenvalue weighted by Crippen LogP contribution is 2.39. The lowest BCUT2D eigenvalue weighted by Crippen LogP contribution is -2.41. The van der Waals surface area contributed by atoms with E-state index in [1.54, 1.807) is 0 Å². The maximum Gasteiger partial charge on any atom is 0.246 e. The van der Waals surface area contributed by atoms with Crippen LogP contribution < -0.4 is 15.8 Å². The summed E-state index contributed by atoms with van der Waals surface area (Å²) < 4.78 is 6.04. The van der Waals surface area contributed by atoms with Crippen molar-refractivity contribution in [2.24, 2.45) is 4.99 Å². The van der Waals surface area contributed by atoms with Crippen LogP contribution in [0.4, 0.5) is 11.5 Å². The molecule has 6 nitrogen and oxygen atoms in total. The number of hydrogen-bond acceptors (Lipinski definition) is 6. The lowest BCUT2D eigenvalue weighted by Gasteiger charge is -2.32. The molecule has 2 aliphatic rings. The third-order valence-electron chi connectivity index (χ3n) is 4.96. The number of nitrogen functional groups attached to an aromatic ring is 1. The van der Waals surface area contributed by atoms with E-state index in [9.17, 15) is 0 Å². The standard InChI is InChI=1S/C19H23N5O.ClH/c1-19(2)16(24-15-17(20)22-11-23-18(15)25-19)14-5-3-12(4-6-14)13-7-9-21-10-8-13;/h3-6,11,13,21H,7-10H2,1-2H3,(H2,20,22,23);1H. The first kappa shape index (κ1) is 18.6. The molecule has 0 spiro atoms. The molecule has 2 aromatic rings. The normalized spacial score (nSPS) is 18.9. The van der Waals surface area contributed by atoms with Crippen LogP contribution in [0.5, 0.6) is 5.88 Å². The van der Waals surface area contributed by atoms with Crippen LogP contribution in [-0.2, 0) is 0 Å². The number of piperidine rings is 1. The topological polar surface area (TPSA) is 85.4 Å². The molecule has 1 aromatic heterocycles. The number of nitrogens with one attached hydrogen (secondary N) is 1. The van der Waals surface area contributed by atoms with Crippen molar-refractivity contribution < 1.29 is 4.74 Å². The number of fused-ring (bicyclic) bond motifs is 1. The van der Waals surface area contributed by atoms with E-state index in [0.29, 0.717) is 23.3 Å². The molecule has 0 saturated carbocycles. The van der Waals surface area contributed by atoms with Gasteiger partial charge in [-0.05, 0) is 51.3 Å². The van der Waals surface area contributed by atoms with Gasteiger partial charge in [-0.2, -0.15) is 4.98 Å². The molecule has 0 amide bonds. The minimum atomic E-state index is -0.579. The molecule has 1 saturated heterocycles. The molecule has 2 aliphatic heterocycles. The van der Waals surface area contributed by atoms with Crippen LogP contribution in [0, 0.1) is 0 Å². The molecule has 1 fully saturated rings. The zero-order valence-corrected chi connectivity index (χ0v) is 15.8. The van der Waals surface area contributed by atoms with E-state index in [-0.39, 0.29) is 12.4 Å². The predicted molar refractivity (Wildman–Crippen MR) is 106 cm³/mol. The SMILES string of the molecule is CC1(C)Oc2ncnc(N)c2N=C1c1ccc(C2CCNCC2)cc1.Cl. The Balaban J connectivity index is 0.00000196. The van der Waals surface area contributed by atoms with E-state index < -0.39 is 5.60 Å². The quantitative estimate of drug-likeness (QED) is 0.844. The molecular formula is C19H24ClN5O. The van der Waals surface area contributed by atoms with Gasteiger partial charge >= 0.3 is 0 Å². The summed E-state index contributed by atoms with van der Waals surface area (Å²) in [7, 11) is 0. The number of nitrogens with two attached hydrogens (primary N) is 1. The van der Waals surface area contributed by atoms with Crippen molar-refractivity contribution in [3.05, 3.63) is 41.7 Å². The van der Waals surface area contributed by atoms with Gasteiger partial charge in [0.2, 0.25) is 5.88 Å². The van der Waals surface area contributed by atoms with E-state index in [1.165, 1.54) is 24.7 Å². The monoisotopic (exact) mass is 373 g/mol. The summed E-state index contributed by atoms with van der Waals surface area (Å²) >= 11 is 0. The molecule has 0 aliphatic carbocycles. The molecule has 138 valence electrons. The third-order valence-corrected chi connectivity index (χ3v) is 4.96. The summed E-state index contributed by atoms with van der Waals surface area (Å²) in [6, 6.07) is 8.69. The van der Waals surface area contributed by atoms with E-state index in [0.717, 1.165) is 24.4 Å². The third kappa shape index (κ3) is 3.39. The second-order valence-electron chi connectivity index (χ2n) is 7.13. The molecule has 7 heteroatoms. The lowest BCUT2D eigenvalue weighted by molar-refractivity contribution is 0.171. The highest BCUT2D eigenvalue weighted by Gasteiger charge is 2.35. The van der Waals surface area contributed by atoms with Gasteiger partial charge in [-0.25, -0.2) is 9.98 Å². The van der Waals surface area contributed by atoms with E-state index in [4.69, 9.17) is 15.5 Å². The first-order valence-electron chi connectivity index (χ1n) is 8.74. The van der Waals surface area contributed by atoms with Crippen LogP contribution in [0.1, 0.15) is 43.7 Å². The molecular weight excluding hydrogens is 350 g/mol. The Morgan fingerprint density at radius 1 is 1.12 bits per heavy atom. The minimum Gasteiger partial charge on any atom is -0.463 e. The van der Waals surface area contributed by atoms with E-state index in [1.807, 2.05) is 13.8 Å². The van der Waals surface area contributed by atoms with Crippen molar-refractivity contribution in [2.75, 3.05) is 18.8 Å². The van der Waals surface area contributed by atoms with Crippen molar-refractivity contribution in [3.63, 3.8) is 0 Å². The van der Waals surface area contributed by atoms with Gasteiger partial charge in [0.15, 0.2) is 11.5 Å². The average molecular weight is 374 g/mol. The van der Waals surface area contributed by atoms with Crippen LogP contribution in [0.2, 0.25) is 0 Å². The van der Waals surface area contributed by atoms with Gasteiger partial charge < -0.3 is 15.8 Å². The molecule has 0 bridgehead atoms. The Labute approximate surface area is 159 Å². The summed E-state index contributed by atoms with van der Waals surface area (Å²) in [6.45, 7) is 6.17. The van der Waals surface area contributed by atoms with Crippen LogP contribution in [-0.4, -0.2) is 34.4 Å². The van der Waals surface area contributed by atoms with Crippen molar-refractivity contribution in [2.45, 2.75) is 38.2 Å². The Bertz CT molecular complexity index is 813. The number of aromatic nitrogens is 2. The summed E-state index contributed by atoms with van der Waals surface area (Å²) in [4.78, 5) is 12.9. The van der Waals surface area contributed by atoms with Crippen molar-refractivity contribution in [1.82, 2.24) is 15.3 Å². The second-order valence-corrected chi connectivity index (χ2v) is 7.13. The maximum atomic E-state index is 6.04. The number of nitrogens with zero attached hydrogens (tertiary/aromatic N) is 3. The van der Waals surface area contributed by atoms with E-state index in [2.05, 4.69) is 39.6 Å².